The number of carbonyl (C=O) groups excluding carboxylic acids is 1. The van der Waals surface area contributed by atoms with Crippen molar-refractivity contribution in [3.05, 3.63) is 28.8 Å². The van der Waals surface area contributed by atoms with Crippen LogP contribution >= 0.6 is 11.6 Å². The van der Waals surface area contributed by atoms with Crippen LogP contribution in [0.4, 0.5) is 0 Å². The van der Waals surface area contributed by atoms with E-state index in [1.807, 2.05) is 30.0 Å². The fourth-order valence-electron chi connectivity index (χ4n) is 2.77. The highest BCUT2D eigenvalue weighted by atomic mass is 35.5. The van der Waals surface area contributed by atoms with Crippen molar-refractivity contribution >= 4 is 23.5 Å². The summed E-state index contributed by atoms with van der Waals surface area (Å²) in [6, 6.07) is 5.63. The third kappa shape index (κ3) is 5.53. The van der Waals surface area contributed by atoms with Gasteiger partial charge < -0.3 is 19.9 Å². The summed E-state index contributed by atoms with van der Waals surface area (Å²) in [5.74, 6) is 1.77. The minimum atomic E-state index is 0.129. The number of amides is 1. The molecule has 2 rings (SSSR count). The molecule has 1 fully saturated rings. The minimum absolute atomic E-state index is 0.129. The third-order valence-corrected chi connectivity index (χ3v) is 4.32. The van der Waals surface area contributed by atoms with E-state index in [-0.39, 0.29) is 5.91 Å². The quantitative estimate of drug-likeness (QED) is 0.642. The predicted octanol–water partition coefficient (Wildman–Crippen LogP) is 2.37. The summed E-state index contributed by atoms with van der Waals surface area (Å²) in [6.07, 6.45) is 0. The van der Waals surface area contributed by atoms with Gasteiger partial charge in [0, 0.05) is 50.2 Å². The van der Waals surface area contributed by atoms with E-state index in [1.54, 1.807) is 6.92 Å². The van der Waals surface area contributed by atoms with Crippen molar-refractivity contribution in [3.63, 3.8) is 0 Å². The average Bonchev–Trinajstić information content (AvgIpc) is 2.60. The molecule has 25 heavy (non-hydrogen) atoms. The van der Waals surface area contributed by atoms with Gasteiger partial charge in [-0.3, -0.25) is 4.79 Å². The summed E-state index contributed by atoms with van der Waals surface area (Å²) < 4.78 is 5.66. The lowest BCUT2D eigenvalue weighted by Gasteiger charge is -2.36. The highest BCUT2D eigenvalue weighted by Gasteiger charge is 2.20. The van der Waals surface area contributed by atoms with E-state index < -0.39 is 0 Å². The number of piperazine rings is 1. The summed E-state index contributed by atoms with van der Waals surface area (Å²) in [5, 5.41) is 3.99. The number of hydrogen-bond acceptors (Lipinski definition) is 3. The molecule has 1 amide bonds. The van der Waals surface area contributed by atoms with E-state index in [1.165, 1.54) is 0 Å². The third-order valence-electron chi connectivity index (χ3n) is 4.09. The highest BCUT2D eigenvalue weighted by Crippen LogP contribution is 2.24. The van der Waals surface area contributed by atoms with Crippen LogP contribution in [0.3, 0.4) is 0 Å². The van der Waals surface area contributed by atoms with Crippen LogP contribution in [0, 0.1) is 0 Å². The van der Waals surface area contributed by atoms with Crippen molar-refractivity contribution in [2.75, 3.05) is 39.3 Å². The maximum atomic E-state index is 11.5. The zero-order valence-electron chi connectivity index (χ0n) is 15.2. The second-order valence-electron chi connectivity index (χ2n) is 5.85. The number of carbonyl (C=O) groups is 1. The van der Waals surface area contributed by atoms with Gasteiger partial charge in [0.2, 0.25) is 5.91 Å². The largest absolute Gasteiger partial charge is 0.493 e. The summed E-state index contributed by atoms with van der Waals surface area (Å²) in [6.45, 7) is 10.5. The Morgan fingerprint density at radius 3 is 2.52 bits per heavy atom. The SMILES string of the molecule is CCNC(=NCc1ccc(Cl)cc1OCC)N1CCN(C(C)=O)CC1. The molecule has 1 aromatic rings. The van der Waals surface area contributed by atoms with Crippen LogP contribution in [0.5, 0.6) is 5.75 Å². The van der Waals surface area contributed by atoms with E-state index in [2.05, 4.69) is 17.1 Å². The molecule has 1 aliphatic rings. The lowest BCUT2D eigenvalue weighted by atomic mass is 10.2. The van der Waals surface area contributed by atoms with E-state index >= 15 is 0 Å². The number of nitrogens with one attached hydrogen (secondary N) is 1. The second-order valence-corrected chi connectivity index (χ2v) is 6.28. The fraction of sp³-hybridized carbons (Fsp3) is 0.556. The molecular weight excluding hydrogens is 340 g/mol. The molecule has 0 saturated carbocycles. The summed E-state index contributed by atoms with van der Waals surface area (Å²) in [5.41, 5.74) is 1.00. The number of ether oxygens (including phenoxy) is 1. The van der Waals surface area contributed by atoms with Gasteiger partial charge in [0.05, 0.1) is 13.2 Å². The normalized spacial score (nSPS) is 15.3. The van der Waals surface area contributed by atoms with Crippen molar-refractivity contribution in [1.82, 2.24) is 15.1 Å². The smallest absolute Gasteiger partial charge is 0.219 e. The van der Waals surface area contributed by atoms with Crippen molar-refractivity contribution in [1.29, 1.82) is 0 Å². The number of benzene rings is 1. The van der Waals surface area contributed by atoms with Crippen molar-refractivity contribution in [3.8, 4) is 5.75 Å². The van der Waals surface area contributed by atoms with Crippen molar-refractivity contribution < 1.29 is 9.53 Å². The van der Waals surface area contributed by atoms with Gasteiger partial charge in [-0.15, -0.1) is 0 Å². The molecule has 138 valence electrons. The first-order valence-corrected chi connectivity index (χ1v) is 9.13. The molecule has 0 unspecified atom stereocenters. The number of nitrogens with zero attached hydrogens (tertiary/aromatic N) is 3. The first-order valence-electron chi connectivity index (χ1n) is 8.75. The number of aliphatic imine (C=N–C) groups is 1. The van der Waals surface area contributed by atoms with Gasteiger partial charge in [-0.25, -0.2) is 4.99 Å². The van der Waals surface area contributed by atoms with Gasteiger partial charge in [-0.1, -0.05) is 17.7 Å². The van der Waals surface area contributed by atoms with Gasteiger partial charge in [0.25, 0.3) is 0 Å². The Labute approximate surface area is 154 Å². The van der Waals surface area contributed by atoms with Crippen LogP contribution in [0.2, 0.25) is 5.02 Å². The summed E-state index contributed by atoms with van der Waals surface area (Å²) in [4.78, 5) is 20.3. The predicted molar refractivity (Wildman–Crippen MR) is 101 cm³/mol. The van der Waals surface area contributed by atoms with E-state index in [0.29, 0.717) is 18.2 Å². The monoisotopic (exact) mass is 366 g/mol. The maximum absolute atomic E-state index is 11.5. The lowest BCUT2D eigenvalue weighted by molar-refractivity contribution is -0.130. The number of rotatable bonds is 5. The molecule has 0 atom stereocenters. The van der Waals surface area contributed by atoms with Crippen LogP contribution < -0.4 is 10.1 Å². The Bertz CT molecular complexity index is 613. The number of hydrogen-bond donors (Lipinski definition) is 1. The Hall–Kier alpha value is -1.95. The summed E-state index contributed by atoms with van der Waals surface area (Å²) in [7, 11) is 0. The lowest BCUT2D eigenvalue weighted by Crippen LogP contribution is -2.53. The molecule has 7 heteroatoms. The standard InChI is InChI=1S/C18H27ClN4O2/c1-4-20-18(23-10-8-22(9-11-23)14(3)24)21-13-15-6-7-16(19)12-17(15)25-5-2/h6-7,12H,4-5,8-11,13H2,1-3H3,(H,20,21). The molecule has 0 radical (unpaired) electrons. The van der Waals surface area contributed by atoms with Gasteiger partial charge in [0.15, 0.2) is 5.96 Å². The van der Waals surface area contributed by atoms with Gasteiger partial charge in [0.1, 0.15) is 5.75 Å². The van der Waals surface area contributed by atoms with Gasteiger partial charge in [-0.2, -0.15) is 0 Å². The van der Waals surface area contributed by atoms with E-state index in [9.17, 15) is 4.79 Å². The van der Waals surface area contributed by atoms with Crippen LogP contribution in [-0.4, -0.2) is 61.0 Å². The van der Waals surface area contributed by atoms with Crippen molar-refractivity contribution in [2.24, 2.45) is 4.99 Å². The van der Waals surface area contributed by atoms with Crippen LogP contribution in [-0.2, 0) is 11.3 Å². The molecule has 0 aromatic heterocycles. The Balaban J connectivity index is 2.09. The van der Waals surface area contributed by atoms with Gasteiger partial charge >= 0.3 is 0 Å². The molecule has 0 bridgehead atoms. The Morgan fingerprint density at radius 1 is 1.24 bits per heavy atom. The molecule has 1 saturated heterocycles. The zero-order chi connectivity index (χ0) is 18.2. The average molecular weight is 367 g/mol. The topological polar surface area (TPSA) is 57.2 Å². The highest BCUT2D eigenvalue weighted by molar-refractivity contribution is 6.30. The molecule has 6 nitrogen and oxygen atoms in total. The van der Waals surface area contributed by atoms with Crippen molar-refractivity contribution in [2.45, 2.75) is 27.3 Å². The summed E-state index contributed by atoms with van der Waals surface area (Å²) >= 11 is 6.06. The van der Waals surface area contributed by atoms with E-state index in [4.69, 9.17) is 21.3 Å². The molecule has 1 N–H and O–H groups in total. The molecule has 0 spiro atoms. The minimum Gasteiger partial charge on any atom is -0.493 e. The number of guanidine groups is 1. The number of halogens is 1. The van der Waals surface area contributed by atoms with Crippen LogP contribution in [0.1, 0.15) is 26.3 Å². The zero-order valence-corrected chi connectivity index (χ0v) is 16.0. The molecule has 1 heterocycles. The molecular formula is C18H27ClN4O2. The Kier molecular flexibility index (Phi) is 7.37. The molecule has 0 aliphatic carbocycles. The van der Waals surface area contributed by atoms with E-state index in [0.717, 1.165) is 50.0 Å². The second kappa shape index (κ2) is 9.51. The van der Waals surface area contributed by atoms with Crippen LogP contribution in [0.15, 0.2) is 23.2 Å². The van der Waals surface area contributed by atoms with Crippen LogP contribution in [0.25, 0.3) is 0 Å². The fourth-order valence-corrected chi connectivity index (χ4v) is 2.93. The Morgan fingerprint density at radius 2 is 1.92 bits per heavy atom. The molecule has 1 aromatic carbocycles. The van der Waals surface area contributed by atoms with Gasteiger partial charge in [-0.05, 0) is 26.0 Å². The molecule has 1 aliphatic heterocycles. The first kappa shape index (κ1) is 19.4. The first-order chi connectivity index (χ1) is 12.0. The maximum Gasteiger partial charge on any atom is 0.219 e.